The highest BCUT2D eigenvalue weighted by Crippen LogP contribution is 2.28. The molecule has 1 aliphatic heterocycles. The molecule has 0 aliphatic carbocycles. The second-order valence-corrected chi connectivity index (χ2v) is 6.32. The molecule has 1 fully saturated rings. The maximum Gasteiger partial charge on any atom is 0.241 e. The van der Waals surface area contributed by atoms with Crippen LogP contribution in [-0.2, 0) is 16.1 Å². The summed E-state index contributed by atoms with van der Waals surface area (Å²) in [4.78, 5) is 12.3. The van der Waals surface area contributed by atoms with E-state index < -0.39 is 0 Å². The zero-order chi connectivity index (χ0) is 16.1. The number of rotatable bonds is 6. The number of nitrogens with one attached hydrogen (secondary N) is 2. The molecule has 0 saturated carbocycles. The van der Waals surface area contributed by atoms with Crippen molar-refractivity contribution in [2.24, 2.45) is 5.41 Å². The molecule has 6 heteroatoms. The topological polar surface area (TPSA) is 68.2 Å². The molecule has 2 aromatic rings. The van der Waals surface area contributed by atoms with Gasteiger partial charge < -0.3 is 15.4 Å². The fourth-order valence-corrected chi connectivity index (χ4v) is 3.27. The van der Waals surface area contributed by atoms with Gasteiger partial charge in [0.1, 0.15) is 6.54 Å². The Morgan fingerprint density at radius 2 is 2.17 bits per heavy atom. The monoisotopic (exact) mass is 316 g/mol. The first-order valence-corrected chi connectivity index (χ1v) is 8.09. The Kier molecular flexibility index (Phi) is 4.93. The number of fused-ring (bicyclic) bond motifs is 1. The van der Waals surface area contributed by atoms with Crippen molar-refractivity contribution in [3.8, 4) is 0 Å². The van der Waals surface area contributed by atoms with Crippen molar-refractivity contribution in [1.29, 1.82) is 0 Å². The minimum absolute atomic E-state index is 0.00661. The molecule has 0 bridgehead atoms. The molecular formula is C17H24N4O2. The van der Waals surface area contributed by atoms with Crippen LogP contribution in [0.4, 0.5) is 0 Å². The maximum atomic E-state index is 12.3. The summed E-state index contributed by atoms with van der Waals surface area (Å²) in [5.74, 6) is -0.00661. The van der Waals surface area contributed by atoms with Gasteiger partial charge in [-0.1, -0.05) is 18.2 Å². The van der Waals surface area contributed by atoms with Gasteiger partial charge in [-0.3, -0.25) is 9.48 Å². The Morgan fingerprint density at radius 3 is 2.96 bits per heavy atom. The summed E-state index contributed by atoms with van der Waals surface area (Å²) >= 11 is 0. The van der Waals surface area contributed by atoms with Crippen LogP contribution >= 0.6 is 0 Å². The lowest BCUT2D eigenvalue weighted by molar-refractivity contribution is -0.122. The van der Waals surface area contributed by atoms with E-state index in [2.05, 4.69) is 15.7 Å². The lowest BCUT2D eigenvalue weighted by Crippen LogP contribution is -2.47. The standard InChI is InChI=1S/C17H24N4O2/c1-23-13-17(6-8-18-9-7-17)12-19-16(22)11-21-15-5-3-2-4-14(15)10-20-21/h2-5,10,18H,6-9,11-13H2,1H3,(H,19,22). The molecule has 1 aliphatic rings. The number of carbonyl (C=O) groups excluding carboxylic acids is 1. The van der Waals surface area contributed by atoms with E-state index in [-0.39, 0.29) is 17.9 Å². The highest BCUT2D eigenvalue weighted by Gasteiger charge is 2.32. The normalized spacial score (nSPS) is 17.3. The summed E-state index contributed by atoms with van der Waals surface area (Å²) in [6, 6.07) is 7.91. The Balaban J connectivity index is 1.60. The van der Waals surface area contributed by atoms with Crippen molar-refractivity contribution in [3.63, 3.8) is 0 Å². The zero-order valence-electron chi connectivity index (χ0n) is 13.5. The van der Waals surface area contributed by atoms with E-state index in [0.29, 0.717) is 13.2 Å². The van der Waals surface area contributed by atoms with Gasteiger partial charge in [-0.25, -0.2) is 0 Å². The third-order valence-electron chi connectivity index (χ3n) is 4.62. The van der Waals surface area contributed by atoms with Crippen LogP contribution in [0, 0.1) is 5.41 Å². The van der Waals surface area contributed by atoms with Crippen LogP contribution in [-0.4, -0.2) is 49.0 Å². The van der Waals surface area contributed by atoms with Crippen LogP contribution < -0.4 is 10.6 Å². The highest BCUT2D eigenvalue weighted by molar-refractivity contribution is 5.81. The zero-order valence-corrected chi connectivity index (χ0v) is 13.5. The minimum atomic E-state index is -0.00661. The number of ether oxygens (including phenoxy) is 1. The Hall–Kier alpha value is -1.92. The first kappa shape index (κ1) is 16.0. The minimum Gasteiger partial charge on any atom is -0.384 e. The molecular weight excluding hydrogens is 292 g/mol. The number of nitrogens with zero attached hydrogens (tertiary/aromatic N) is 2. The van der Waals surface area contributed by atoms with E-state index in [9.17, 15) is 4.79 Å². The molecule has 6 nitrogen and oxygen atoms in total. The quantitative estimate of drug-likeness (QED) is 0.839. The predicted octanol–water partition coefficient (Wildman–Crippen LogP) is 1.17. The average molecular weight is 316 g/mol. The number of piperidine rings is 1. The molecule has 0 radical (unpaired) electrons. The Bertz CT molecular complexity index is 656. The summed E-state index contributed by atoms with van der Waals surface area (Å²) in [7, 11) is 1.72. The highest BCUT2D eigenvalue weighted by atomic mass is 16.5. The van der Waals surface area contributed by atoms with Gasteiger partial charge in [0.05, 0.1) is 18.3 Å². The lowest BCUT2D eigenvalue weighted by atomic mass is 9.79. The summed E-state index contributed by atoms with van der Waals surface area (Å²) in [5, 5.41) is 11.8. The van der Waals surface area contributed by atoms with E-state index in [1.807, 2.05) is 24.3 Å². The fourth-order valence-electron chi connectivity index (χ4n) is 3.27. The molecule has 124 valence electrons. The van der Waals surface area contributed by atoms with Crippen LogP contribution in [0.3, 0.4) is 0 Å². The summed E-state index contributed by atoms with van der Waals surface area (Å²) in [6.07, 6.45) is 3.83. The molecule has 0 unspecified atom stereocenters. The predicted molar refractivity (Wildman–Crippen MR) is 89.2 cm³/mol. The Labute approximate surface area is 136 Å². The first-order valence-electron chi connectivity index (χ1n) is 8.09. The second-order valence-electron chi connectivity index (χ2n) is 6.32. The van der Waals surface area contributed by atoms with Crippen LogP contribution in [0.25, 0.3) is 10.9 Å². The van der Waals surface area contributed by atoms with Crippen LogP contribution in [0.1, 0.15) is 12.8 Å². The number of para-hydroxylation sites is 1. The molecule has 2 N–H and O–H groups in total. The SMILES string of the molecule is COCC1(CNC(=O)Cn2ncc3ccccc32)CCNCC1. The van der Waals surface area contributed by atoms with E-state index in [4.69, 9.17) is 4.74 Å². The number of hydrogen-bond donors (Lipinski definition) is 2. The molecule has 0 spiro atoms. The maximum absolute atomic E-state index is 12.3. The van der Waals surface area contributed by atoms with Crippen molar-refractivity contribution in [2.75, 3.05) is 33.4 Å². The van der Waals surface area contributed by atoms with Crippen LogP contribution in [0.5, 0.6) is 0 Å². The van der Waals surface area contributed by atoms with Crippen molar-refractivity contribution in [2.45, 2.75) is 19.4 Å². The van der Waals surface area contributed by atoms with Gasteiger partial charge >= 0.3 is 0 Å². The molecule has 0 atom stereocenters. The Morgan fingerprint density at radius 1 is 1.39 bits per heavy atom. The number of aromatic nitrogens is 2. The first-order chi connectivity index (χ1) is 11.2. The van der Waals surface area contributed by atoms with Crippen molar-refractivity contribution in [1.82, 2.24) is 20.4 Å². The summed E-state index contributed by atoms with van der Waals surface area (Å²) in [6.45, 7) is 3.53. The van der Waals surface area contributed by atoms with Gasteiger partial charge in [0, 0.05) is 24.5 Å². The number of amides is 1. The third-order valence-corrected chi connectivity index (χ3v) is 4.62. The van der Waals surface area contributed by atoms with Gasteiger partial charge in [-0.2, -0.15) is 5.10 Å². The number of methoxy groups -OCH3 is 1. The molecule has 1 aromatic heterocycles. The van der Waals surface area contributed by atoms with Crippen molar-refractivity contribution < 1.29 is 9.53 Å². The molecule has 23 heavy (non-hydrogen) atoms. The van der Waals surface area contributed by atoms with E-state index >= 15 is 0 Å². The fraction of sp³-hybridized carbons (Fsp3) is 0.529. The van der Waals surface area contributed by atoms with Gasteiger partial charge in [-0.15, -0.1) is 0 Å². The van der Waals surface area contributed by atoms with Gasteiger partial charge in [0.2, 0.25) is 5.91 Å². The average Bonchev–Trinajstić information content (AvgIpc) is 2.98. The van der Waals surface area contributed by atoms with Gasteiger partial charge in [0.25, 0.3) is 0 Å². The number of carbonyl (C=O) groups is 1. The van der Waals surface area contributed by atoms with Gasteiger partial charge in [0.15, 0.2) is 0 Å². The second kappa shape index (κ2) is 7.10. The molecule has 3 rings (SSSR count). The summed E-state index contributed by atoms with van der Waals surface area (Å²) in [5.41, 5.74) is 1.03. The molecule has 1 amide bonds. The smallest absolute Gasteiger partial charge is 0.241 e. The van der Waals surface area contributed by atoms with Crippen LogP contribution in [0.15, 0.2) is 30.5 Å². The number of benzene rings is 1. The summed E-state index contributed by atoms with van der Waals surface area (Å²) < 4.78 is 7.13. The van der Waals surface area contributed by atoms with Crippen molar-refractivity contribution in [3.05, 3.63) is 30.5 Å². The molecule has 1 aromatic carbocycles. The van der Waals surface area contributed by atoms with Crippen LogP contribution in [0.2, 0.25) is 0 Å². The molecule has 1 saturated heterocycles. The van der Waals surface area contributed by atoms with E-state index in [1.54, 1.807) is 18.0 Å². The van der Waals surface area contributed by atoms with E-state index in [1.165, 1.54) is 0 Å². The number of hydrogen-bond acceptors (Lipinski definition) is 4. The lowest BCUT2D eigenvalue weighted by Gasteiger charge is -2.37. The van der Waals surface area contributed by atoms with Gasteiger partial charge in [-0.05, 0) is 32.0 Å². The molecule has 2 heterocycles. The largest absolute Gasteiger partial charge is 0.384 e. The van der Waals surface area contributed by atoms with E-state index in [0.717, 1.165) is 36.8 Å². The van der Waals surface area contributed by atoms with Crippen molar-refractivity contribution >= 4 is 16.8 Å². The third kappa shape index (κ3) is 3.71.